The van der Waals surface area contributed by atoms with Gasteiger partial charge in [0.2, 0.25) is 0 Å². The number of hydrogen-bond donors (Lipinski definition) is 0. The Labute approximate surface area is 223 Å². The van der Waals surface area contributed by atoms with Crippen LogP contribution in [-0.4, -0.2) is 44.0 Å². The van der Waals surface area contributed by atoms with Crippen molar-refractivity contribution < 1.29 is 0 Å². The van der Waals surface area contributed by atoms with Gasteiger partial charge >= 0.3 is 0 Å². The Balaban J connectivity index is 1.47. The van der Waals surface area contributed by atoms with Crippen LogP contribution in [0.15, 0.2) is 92.2 Å². The van der Waals surface area contributed by atoms with Gasteiger partial charge in [0.15, 0.2) is 5.65 Å². The van der Waals surface area contributed by atoms with Crippen LogP contribution in [0.5, 0.6) is 0 Å². The molecule has 0 radical (unpaired) electrons. The average Bonchev–Trinajstić information content (AvgIpc) is 3.65. The smallest absolute Gasteiger partial charge is 0.165 e. The van der Waals surface area contributed by atoms with Crippen molar-refractivity contribution in [2.45, 2.75) is 0 Å². The molecule has 0 atom stereocenters. The number of rotatable bonds is 2. The highest BCUT2D eigenvalue weighted by Gasteiger charge is 2.24. The zero-order valence-electron chi connectivity index (χ0n) is 20.1. The topological polar surface area (TPSA) is 100 Å². The number of thiophene rings is 1. The third-order valence-corrected chi connectivity index (χ3v) is 8.31. The van der Waals surface area contributed by atoms with E-state index in [9.17, 15) is 0 Å². The zero-order chi connectivity index (χ0) is 25.5. The highest BCUT2D eigenvalue weighted by Crippen LogP contribution is 2.40. The number of nitrogens with zero attached hydrogens (tertiary/aromatic N) is 9. The maximum absolute atomic E-state index is 4.88. The second-order valence-corrected chi connectivity index (χ2v) is 10.3. The standard InChI is InChI=1S/C29H15N9S/c1-3-17-25(32-7-1)26-18(4-2-8-33-26)37(17)19-14-31-15-20-24(19)27-29(36-12-11-34-27)38(20)28-23-16-13-30-9-5-21(16)39-22(23)6-10-35-28/h1-15H. The lowest BCUT2D eigenvalue weighted by Gasteiger charge is -2.10. The molecule has 0 unspecified atom stereocenters. The maximum atomic E-state index is 4.88. The molecule has 0 aromatic carbocycles. The predicted octanol–water partition coefficient (Wildman–Crippen LogP) is 6.01. The molecule has 9 rings (SSSR count). The van der Waals surface area contributed by atoms with E-state index < -0.39 is 0 Å². The van der Waals surface area contributed by atoms with Gasteiger partial charge in [-0.05, 0) is 36.4 Å². The van der Waals surface area contributed by atoms with Crippen molar-refractivity contribution in [3.63, 3.8) is 0 Å². The van der Waals surface area contributed by atoms with Crippen molar-refractivity contribution >= 4 is 75.6 Å². The predicted molar refractivity (Wildman–Crippen MR) is 153 cm³/mol. The molecule has 10 heteroatoms. The molecule has 39 heavy (non-hydrogen) atoms. The highest BCUT2D eigenvalue weighted by molar-refractivity contribution is 7.25. The van der Waals surface area contributed by atoms with E-state index in [-0.39, 0.29) is 0 Å². The van der Waals surface area contributed by atoms with E-state index in [1.54, 1.807) is 36.1 Å². The third-order valence-electron chi connectivity index (χ3n) is 7.17. The Morgan fingerprint density at radius 1 is 0.538 bits per heavy atom. The number of fused-ring (bicyclic) bond motifs is 9. The first-order chi connectivity index (χ1) is 19.4. The third kappa shape index (κ3) is 2.70. The molecule has 9 heterocycles. The Bertz CT molecular complexity index is 2360. The molecule has 0 saturated carbocycles. The minimum absolute atomic E-state index is 0.710. The van der Waals surface area contributed by atoms with Crippen molar-refractivity contribution in [1.29, 1.82) is 0 Å². The zero-order valence-corrected chi connectivity index (χ0v) is 20.9. The van der Waals surface area contributed by atoms with E-state index in [2.05, 4.69) is 36.2 Å². The van der Waals surface area contributed by atoms with Gasteiger partial charge in [0.05, 0.1) is 40.0 Å². The monoisotopic (exact) mass is 521 g/mol. The highest BCUT2D eigenvalue weighted by atomic mass is 32.1. The van der Waals surface area contributed by atoms with Crippen LogP contribution in [0.3, 0.4) is 0 Å². The summed E-state index contributed by atoms with van der Waals surface area (Å²) in [6.07, 6.45) is 16.3. The van der Waals surface area contributed by atoms with Crippen LogP contribution in [0.4, 0.5) is 0 Å². The van der Waals surface area contributed by atoms with Gasteiger partial charge in [0.1, 0.15) is 22.4 Å². The fourth-order valence-electron chi connectivity index (χ4n) is 5.65. The summed E-state index contributed by atoms with van der Waals surface area (Å²) < 4.78 is 6.52. The van der Waals surface area contributed by atoms with Crippen LogP contribution in [-0.2, 0) is 0 Å². The Morgan fingerprint density at radius 3 is 2.15 bits per heavy atom. The van der Waals surface area contributed by atoms with E-state index in [4.69, 9.17) is 19.9 Å². The van der Waals surface area contributed by atoms with Crippen LogP contribution < -0.4 is 0 Å². The lowest BCUT2D eigenvalue weighted by Crippen LogP contribution is -2.00. The van der Waals surface area contributed by atoms with Crippen molar-refractivity contribution in [1.82, 2.24) is 44.0 Å². The van der Waals surface area contributed by atoms with Crippen molar-refractivity contribution in [3.8, 4) is 11.5 Å². The van der Waals surface area contributed by atoms with Crippen molar-refractivity contribution in [2.24, 2.45) is 0 Å². The molecule has 0 aliphatic carbocycles. The van der Waals surface area contributed by atoms with Gasteiger partial charge < -0.3 is 4.57 Å². The molecule has 0 aliphatic rings. The lowest BCUT2D eigenvalue weighted by atomic mass is 10.2. The summed E-state index contributed by atoms with van der Waals surface area (Å²) in [5.41, 5.74) is 6.78. The summed E-state index contributed by atoms with van der Waals surface area (Å²) in [6.45, 7) is 0. The Hall–Kier alpha value is -5.35. The molecule has 0 N–H and O–H groups in total. The van der Waals surface area contributed by atoms with Crippen LogP contribution >= 0.6 is 11.3 Å². The van der Waals surface area contributed by atoms with Gasteiger partial charge in [-0.25, -0.2) is 9.97 Å². The molecule has 0 bridgehead atoms. The summed E-state index contributed by atoms with van der Waals surface area (Å²) in [5, 5.41) is 3.02. The first-order valence-electron chi connectivity index (χ1n) is 12.3. The lowest BCUT2D eigenvalue weighted by molar-refractivity contribution is 1.06. The molecular formula is C29H15N9S. The van der Waals surface area contributed by atoms with Crippen molar-refractivity contribution in [2.75, 3.05) is 0 Å². The van der Waals surface area contributed by atoms with E-state index in [0.29, 0.717) is 5.65 Å². The second-order valence-electron chi connectivity index (χ2n) is 9.18. The van der Waals surface area contributed by atoms with Gasteiger partial charge in [-0.2, -0.15) is 0 Å². The van der Waals surface area contributed by atoms with Gasteiger partial charge in [0.25, 0.3) is 0 Å². The summed E-state index contributed by atoms with van der Waals surface area (Å²) >= 11 is 1.72. The summed E-state index contributed by atoms with van der Waals surface area (Å²) in [4.78, 5) is 32.9. The second kappa shape index (κ2) is 7.59. The van der Waals surface area contributed by atoms with Gasteiger partial charge in [-0.1, -0.05) is 0 Å². The first-order valence-corrected chi connectivity index (χ1v) is 13.1. The first kappa shape index (κ1) is 20.7. The molecule has 0 amide bonds. The maximum Gasteiger partial charge on any atom is 0.165 e. The van der Waals surface area contributed by atoms with Crippen LogP contribution in [0.25, 0.3) is 75.8 Å². The van der Waals surface area contributed by atoms with E-state index in [0.717, 1.165) is 70.2 Å². The number of pyridine rings is 5. The molecule has 9 nitrogen and oxygen atoms in total. The Kier molecular flexibility index (Phi) is 4.02. The molecule has 9 aromatic rings. The molecule has 0 spiro atoms. The minimum Gasteiger partial charge on any atom is -0.304 e. The van der Waals surface area contributed by atoms with Crippen molar-refractivity contribution in [3.05, 3.63) is 92.2 Å². The Morgan fingerprint density at radius 2 is 1.31 bits per heavy atom. The number of aromatic nitrogens is 9. The van der Waals surface area contributed by atoms with Crippen LogP contribution in [0.1, 0.15) is 0 Å². The summed E-state index contributed by atoms with van der Waals surface area (Å²) in [6, 6.07) is 12.1. The van der Waals surface area contributed by atoms with Crippen LogP contribution in [0, 0.1) is 0 Å². The normalized spacial score (nSPS) is 12.1. The quantitative estimate of drug-likeness (QED) is 0.274. The van der Waals surface area contributed by atoms with Gasteiger partial charge in [0, 0.05) is 63.6 Å². The molecule has 9 aromatic heterocycles. The number of hydrogen-bond acceptors (Lipinski definition) is 8. The minimum atomic E-state index is 0.710. The van der Waals surface area contributed by atoms with E-state index in [1.807, 2.05) is 55.2 Å². The summed E-state index contributed by atoms with van der Waals surface area (Å²) in [7, 11) is 0. The average molecular weight is 522 g/mol. The fourth-order valence-corrected chi connectivity index (χ4v) is 6.71. The van der Waals surface area contributed by atoms with Crippen LogP contribution in [0.2, 0.25) is 0 Å². The molecular weight excluding hydrogens is 506 g/mol. The fraction of sp³-hybridized carbons (Fsp3) is 0. The molecule has 0 aliphatic heterocycles. The molecule has 182 valence electrons. The van der Waals surface area contributed by atoms with Gasteiger partial charge in [-0.3, -0.25) is 29.5 Å². The molecule has 0 saturated heterocycles. The molecule has 0 fully saturated rings. The van der Waals surface area contributed by atoms with E-state index in [1.165, 1.54) is 0 Å². The SMILES string of the molecule is c1cnc2c3ncccc3n(-c3cncc4c3c3nccnc3n4-c3nccc4sc5ccncc5c34)c2c1. The van der Waals surface area contributed by atoms with Gasteiger partial charge in [-0.15, -0.1) is 11.3 Å². The van der Waals surface area contributed by atoms with E-state index >= 15 is 0 Å². The summed E-state index contributed by atoms with van der Waals surface area (Å²) in [5.74, 6) is 0.775. The largest absolute Gasteiger partial charge is 0.304 e.